The minimum absolute atomic E-state index is 0.0769. The van der Waals surface area contributed by atoms with Crippen molar-refractivity contribution in [2.75, 3.05) is 5.32 Å². The van der Waals surface area contributed by atoms with Crippen LogP contribution in [0.1, 0.15) is 11.1 Å². The first-order valence-electron chi connectivity index (χ1n) is 6.49. The van der Waals surface area contributed by atoms with Crippen molar-refractivity contribution in [1.82, 2.24) is 5.32 Å². The summed E-state index contributed by atoms with van der Waals surface area (Å²) >= 11 is 5.07. The predicted octanol–water partition coefficient (Wildman–Crippen LogP) is 2.76. The third kappa shape index (κ3) is 4.29. The van der Waals surface area contributed by atoms with Gasteiger partial charge >= 0.3 is 0 Å². The van der Waals surface area contributed by atoms with E-state index in [0.717, 1.165) is 11.1 Å². The summed E-state index contributed by atoms with van der Waals surface area (Å²) < 4.78 is 0. The molecule has 2 rings (SSSR count). The fourth-order valence-corrected chi connectivity index (χ4v) is 2.11. The van der Waals surface area contributed by atoms with Crippen LogP contribution in [0.5, 0.6) is 5.75 Å². The Morgan fingerprint density at radius 3 is 2.52 bits per heavy atom. The molecular weight excluding hydrogens is 284 g/mol. The number of aromatic hydroxyl groups is 1. The molecule has 0 aliphatic rings. The highest BCUT2D eigenvalue weighted by molar-refractivity contribution is 7.80. The van der Waals surface area contributed by atoms with E-state index in [1.54, 1.807) is 24.3 Å². The van der Waals surface area contributed by atoms with Crippen molar-refractivity contribution in [3.63, 3.8) is 0 Å². The van der Waals surface area contributed by atoms with E-state index in [1.807, 2.05) is 31.2 Å². The van der Waals surface area contributed by atoms with Crippen molar-refractivity contribution >= 4 is 28.9 Å². The average molecular weight is 300 g/mol. The lowest BCUT2D eigenvalue weighted by Crippen LogP contribution is -2.35. The molecule has 0 radical (unpaired) electrons. The highest BCUT2D eigenvalue weighted by atomic mass is 32.1. The van der Waals surface area contributed by atoms with Crippen LogP contribution in [0.15, 0.2) is 48.5 Å². The maximum absolute atomic E-state index is 11.9. The normalized spacial score (nSPS) is 9.95. The van der Waals surface area contributed by atoms with Gasteiger partial charge < -0.3 is 15.7 Å². The Hall–Kier alpha value is -2.40. The van der Waals surface area contributed by atoms with Crippen molar-refractivity contribution in [2.24, 2.45) is 0 Å². The standard InChI is InChI=1S/C16H16N2O2S/c1-11-6-2-3-7-12(11)10-15(20)18-16(21)17-13-8-4-5-9-14(13)19/h2-9,19H,10H2,1H3,(H2,17,18,20,21). The maximum atomic E-state index is 11.9. The van der Waals surface area contributed by atoms with Gasteiger partial charge in [-0.3, -0.25) is 4.79 Å². The summed E-state index contributed by atoms with van der Waals surface area (Å²) in [6, 6.07) is 14.4. The minimum Gasteiger partial charge on any atom is -0.506 e. The van der Waals surface area contributed by atoms with Crippen LogP contribution in [-0.4, -0.2) is 16.1 Å². The molecule has 2 aromatic carbocycles. The van der Waals surface area contributed by atoms with Gasteiger partial charge in [-0.05, 0) is 42.4 Å². The number of benzene rings is 2. The fraction of sp³-hybridized carbons (Fsp3) is 0.125. The Kier molecular flexibility index (Phi) is 4.90. The number of phenolic OH excluding ortho intramolecular Hbond substituents is 1. The number of nitrogens with one attached hydrogen (secondary N) is 2. The van der Waals surface area contributed by atoms with E-state index in [0.29, 0.717) is 5.69 Å². The van der Waals surface area contributed by atoms with Gasteiger partial charge in [-0.25, -0.2) is 0 Å². The van der Waals surface area contributed by atoms with E-state index in [1.165, 1.54) is 0 Å². The Morgan fingerprint density at radius 2 is 1.81 bits per heavy atom. The van der Waals surface area contributed by atoms with Gasteiger partial charge in [0.25, 0.3) is 0 Å². The first-order chi connectivity index (χ1) is 10.1. The number of thiocarbonyl (C=S) groups is 1. The van der Waals surface area contributed by atoms with Gasteiger partial charge in [-0.1, -0.05) is 36.4 Å². The lowest BCUT2D eigenvalue weighted by Gasteiger charge is -2.11. The molecule has 0 spiro atoms. The monoisotopic (exact) mass is 300 g/mol. The minimum atomic E-state index is -0.197. The van der Waals surface area contributed by atoms with Crippen LogP contribution in [0, 0.1) is 6.92 Å². The van der Waals surface area contributed by atoms with Gasteiger partial charge in [-0.2, -0.15) is 0 Å². The molecule has 0 fully saturated rings. The van der Waals surface area contributed by atoms with Crippen LogP contribution in [0.25, 0.3) is 0 Å². The van der Waals surface area contributed by atoms with Crippen molar-refractivity contribution in [2.45, 2.75) is 13.3 Å². The summed E-state index contributed by atoms with van der Waals surface area (Å²) in [6.45, 7) is 1.96. The molecule has 0 unspecified atom stereocenters. The molecule has 1 amide bonds. The van der Waals surface area contributed by atoms with Crippen LogP contribution < -0.4 is 10.6 Å². The SMILES string of the molecule is Cc1ccccc1CC(=O)NC(=S)Nc1ccccc1O. The quantitative estimate of drug-likeness (QED) is 0.602. The molecular formula is C16H16N2O2S. The fourth-order valence-electron chi connectivity index (χ4n) is 1.89. The van der Waals surface area contributed by atoms with Gasteiger partial charge in [0.2, 0.25) is 5.91 Å². The maximum Gasteiger partial charge on any atom is 0.230 e. The number of para-hydroxylation sites is 2. The molecule has 4 nitrogen and oxygen atoms in total. The van der Waals surface area contributed by atoms with Crippen LogP contribution >= 0.6 is 12.2 Å². The van der Waals surface area contributed by atoms with E-state index < -0.39 is 0 Å². The van der Waals surface area contributed by atoms with E-state index in [4.69, 9.17) is 12.2 Å². The zero-order chi connectivity index (χ0) is 15.2. The average Bonchev–Trinajstić information content (AvgIpc) is 2.44. The van der Waals surface area contributed by atoms with E-state index in [9.17, 15) is 9.90 Å². The largest absolute Gasteiger partial charge is 0.506 e. The third-order valence-corrected chi connectivity index (χ3v) is 3.22. The van der Waals surface area contributed by atoms with Gasteiger partial charge in [0, 0.05) is 0 Å². The molecule has 2 aromatic rings. The number of hydrogen-bond donors (Lipinski definition) is 3. The number of anilines is 1. The molecule has 0 aromatic heterocycles. The second-order valence-electron chi connectivity index (χ2n) is 4.62. The van der Waals surface area contributed by atoms with Gasteiger partial charge in [0.05, 0.1) is 12.1 Å². The second-order valence-corrected chi connectivity index (χ2v) is 5.03. The zero-order valence-corrected chi connectivity index (χ0v) is 12.4. The van der Waals surface area contributed by atoms with E-state index in [2.05, 4.69) is 10.6 Å². The number of phenols is 1. The van der Waals surface area contributed by atoms with Crippen molar-refractivity contribution in [1.29, 1.82) is 0 Å². The summed E-state index contributed by atoms with van der Waals surface area (Å²) in [7, 11) is 0. The molecule has 3 N–H and O–H groups in total. The summed E-state index contributed by atoms with van der Waals surface area (Å²) in [5.74, 6) is -0.120. The Bertz CT molecular complexity index is 613. The molecule has 21 heavy (non-hydrogen) atoms. The molecule has 0 bridgehead atoms. The number of carbonyl (C=O) groups is 1. The predicted molar refractivity (Wildman–Crippen MR) is 87.4 cm³/mol. The van der Waals surface area contributed by atoms with Crippen molar-refractivity contribution in [3.8, 4) is 5.75 Å². The van der Waals surface area contributed by atoms with E-state index >= 15 is 0 Å². The molecule has 0 aliphatic carbocycles. The Labute approximate surface area is 128 Å². The van der Waals surface area contributed by atoms with Crippen LogP contribution in [-0.2, 0) is 11.2 Å². The highest BCUT2D eigenvalue weighted by Gasteiger charge is 2.08. The third-order valence-electron chi connectivity index (χ3n) is 3.02. The molecule has 0 heterocycles. The Balaban J connectivity index is 1.93. The summed E-state index contributed by atoms with van der Waals surface area (Å²) in [5, 5.41) is 15.2. The van der Waals surface area contributed by atoms with Crippen molar-refractivity contribution < 1.29 is 9.90 Å². The molecule has 0 saturated carbocycles. The number of carbonyl (C=O) groups excluding carboxylic acids is 1. The number of hydrogen-bond acceptors (Lipinski definition) is 3. The second kappa shape index (κ2) is 6.85. The van der Waals surface area contributed by atoms with Crippen LogP contribution in [0.2, 0.25) is 0 Å². The van der Waals surface area contributed by atoms with Gasteiger partial charge in [0.15, 0.2) is 5.11 Å². The van der Waals surface area contributed by atoms with Crippen LogP contribution in [0.4, 0.5) is 5.69 Å². The summed E-state index contributed by atoms with van der Waals surface area (Å²) in [6.07, 6.45) is 0.259. The first-order valence-corrected chi connectivity index (χ1v) is 6.90. The smallest absolute Gasteiger partial charge is 0.230 e. The highest BCUT2D eigenvalue weighted by Crippen LogP contribution is 2.21. The number of aryl methyl sites for hydroxylation is 1. The van der Waals surface area contributed by atoms with Crippen molar-refractivity contribution in [3.05, 3.63) is 59.7 Å². The molecule has 0 aliphatic heterocycles. The van der Waals surface area contributed by atoms with E-state index in [-0.39, 0.29) is 23.2 Å². The lowest BCUT2D eigenvalue weighted by molar-refractivity contribution is -0.119. The van der Waals surface area contributed by atoms with Gasteiger partial charge in [-0.15, -0.1) is 0 Å². The first kappa shape index (κ1) is 15.0. The topological polar surface area (TPSA) is 61.4 Å². The summed E-state index contributed by atoms with van der Waals surface area (Å²) in [4.78, 5) is 11.9. The lowest BCUT2D eigenvalue weighted by atomic mass is 10.1. The zero-order valence-electron chi connectivity index (χ0n) is 11.6. The van der Waals surface area contributed by atoms with Gasteiger partial charge in [0.1, 0.15) is 5.75 Å². The van der Waals surface area contributed by atoms with Crippen LogP contribution in [0.3, 0.4) is 0 Å². The number of rotatable bonds is 3. The number of amides is 1. The summed E-state index contributed by atoms with van der Waals surface area (Å²) in [5.41, 5.74) is 2.48. The molecule has 0 saturated heterocycles. The molecule has 0 atom stereocenters. The molecule has 5 heteroatoms. The Morgan fingerprint density at radius 1 is 1.14 bits per heavy atom. The molecule has 108 valence electrons.